The van der Waals surface area contributed by atoms with Gasteiger partial charge in [0.15, 0.2) is 0 Å². The average Bonchev–Trinajstić information content (AvgIpc) is 3.01. The van der Waals surface area contributed by atoms with Gasteiger partial charge in [-0.1, -0.05) is 78.9 Å². The average molecular weight is 485 g/mol. The maximum absolute atomic E-state index is 4.61. The predicted octanol–water partition coefficient (Wildman–Crippen LogP) is 6.20. The summed E-state index contributed by atoms with van der Waals surface area (Å²) in [5.41, 5.74) is 14.2. The Hall–Kier alpha value is -4.70. The SMILES string of the molecule is C1=C(c2cncc(-c3cccnc3)c2)CC2C(=C1)N1B(c3ccccc3-c3ccccc31)c1ccccc12. The number of nitrogens with zero attached hydrogens (tertiary/aromatic N) is 3. The maximum Gasteiger partial charge on any atom is 0.328 e. The third-order valence-electron chi connectivity index (χ3n) is 8.25. The molecule has 0 spiro atoms. The van der Waals surface area contributed by atoms with Gasteiger partial charge >= 0.3 is 6.85 Å². The Kier molecular flexibility index (Phi) is 4.74. The zero-order valence-electron chi connectivity index (χ0n) is 20.8. The minimum Gasteiger partial charge on any atom is -0.379 e. The summed E-state index contributed by atoms with van der Waals surface area (Å²) in [6, 6.07) is 33.1. The molecule has 1 unspecified atom stereocenters. The first-order valence-corrected chi connectivity index (χ1v) is 13.2. The molecule has 38 heavy (non-hydrogen) atoms. The molecule has 1 atom stereocenters. The van der Waals surface area contributed by atoms with E-state index in [4.69, 9.17) is 0 Å². The number of benzene rings is 3. The Balaban J connectivity index is 1.30. The van der Waals surface area contributed by atoms with Crippen molar-refractivity contribution in [2.75, 3.05) is 4.81 Å². The summed E-state index contributed by atoms with van der Waals surface area (Å²) in [5.74, 6) is 0.280. The van der Waals surface area contributed by atoms with Crippen molar-refractivity contribution in [3.8, 4) is 22.3 Å². The van der Waals surface area contributed by atoms with E-state index in [0.717, 1.165) is 17.5 Å². The molecule has 2 aromatic heterocycles. The first-order valence-electron chi connectivity index (χ1n) is 13.2. The van der Waals surface area contributed by atoms with Crippen molar-refractivity contribution in [3.63, 3.8) is 0 Å². The normalized spacial score (nSPS) is 16.8. The number of fused-ring (bicyclic) bond motifs is 11. The van der Waals surface area contributed by atoms with Crippen molar-refractivity contribution < 1.29 is 0 Å². The van der Waals surface area contributed by atoms with Crippen LogP contribution in [0.1, 0.15) is 23.5 Å². The molecule has 1 aliphatic carbocycles. The highest BCUT2D eigenvalue weighted by Crippen LogP contribution is 2.47. The Morgan fingerprint density at radius 3 is 2.32 bits per heavy atom. The first kappa shape index (κ1) is 21.4. The largest absolute Gasteiger partial charge is 0.379 e. The van der Waals surface area contributed by atoms with Crippen LogP contribution in [-0.2, 0) is 0 Å². The molecule has 0 radical (unpaired) electrons. The van der Waals surface area contributed by atoms with Gasteiger partial charge in [-0.25, -0.2) is 0 Å². The topological polar surface area (TPSA) is 29.0 Å². The second-order valence-electron chi connectivity index (χ2n) is 10.2. The second-order valence-corrected chi connectivity index (χ2v) is 10.2. The number of rotatable bonds is 2. The Morgan fingerprint density at radius 1 is 0.658 bits per heavy atom. The van der Waals surface area contributed by atoms with E-state index in [-0.39, 0.29) is 12.8 Å². The molecule has 4 heteroatoms. The third kappa shape index (κ3) is 3.17. The molecule has 0 fully saturated rings. The fraction of sp³-hybridized carbons (Fsp3) is 0.0588. The molecule has 2 aliphatic heterocycles. The van der Waals surface area contributed by atoms with Crippen LogP contribution in [-0.4, -0.2) is 16.8 Å². The zero-order chi connectivity index (χ0) is 25.1. The van der Waals surface area contributed by atoms with Gasteiger partial charge in [0.1, 0.15) is 0 Å². The van der Waals surface area contributed by atoms with E-state index in [2.05, 4.69) is 112 Å². The van der Waals surface area contributed by atoms with Crippen LogP contribution < -0.4 is 15.7 Å². The van der Waals surface area contributed by atoms with Crippen LogP contribution in [0.3, 0.4) is 0 Å². The standard InChI is InChI=1S/C34H24BN3/c1-4-12-31-27(9-1)29-11-3-6-14-33(29)38-34-16-15-23(19-30(34)28-10-2-5-13-32(28)35(31)38)25-18-26(22-37-21-25)24-8-7-17-36-20-24/h1-18,20-22,30H,19H2. The molecule has 8 rings (SSSR count). The molecule has 0 saturated heterocycles. The molecule has 4 heterocycles. The monoisotopic (exact) mass is 485 g/mol. The number of hydrogen-bond acceptors (Lipinski definition) is 3. The number of para-hydroxylation sites is 1. The molecule has 3 aromatic carbocycles. The van der Waals surface area contributed by atoms with Crippen molar-refractivity contribution >= 4 is 29.0 Å². The van der Waals surface area contributed by atoms with Gasteiger partial charge in [0.25, 0.3) is 0 Å². The number of aromatic nitrogens is 2. The highest BCUT2D eigenvalue weighted by Gasteiger charge is 2.45. The van der Waals surface area contributed by atoms with Gasteiger partial charge in [-0.2, -0.15) is 0 Å². The Bertz CT molecular complexity index is 1770. The van der Waals surface area contributed by atoms with Crippen molar-refractivity contribution in [3.05, 3.63) is 145 Å². The van der Waals surface area contributed by atoms with Crippen molar-refractivity contribution in [2.24, 2.45) is 0 Å². The van der Waals surface area contributed by atoms with E-state index < -0.39 is 0 Å². The van der Waals surface area contributed by atoms with Crippen molar-refractivity contribution in [1.29, 1.82) is 0 Å². The van der Waals surface area contributed by atoms with E-state index in [1.54, 1.807) is 0 Å². The summed E-state index contributed by atoms with van der Waals surface area (Å²) >= 11 is 0. The van der Waals surface area contributed by atoms with Gasteiger partial charge in [0.05, 0.1) is 0 Å². The lowest BCUT2D eigenvalue weighted by molar-refractivity contribution is 0.788. The minimum absolute atomic E-state index is 0.172. The number of anilines is 1. The zero-order valence-corrected chi connectivity index (χ0v) is 20.8. The second kappa shape index (κ2) is 8.42. The molecular weight excluding hydrogens is 461 g/mol. The molecule has 0 amide bonds. The van der Waals surface area contributed by atoms with Crippen LogP contribution in [0, 0.1) is 0 Å². The highest BCUT2D eigenvalue weighted by molar-refractivity contribution is 6.91. The molecule has 5 aromatic rings. The van der Waals surface area contributed by atoms with E-state index >= 15 is 0 Å². The summed E-state index contributed by atoms with van der Waals surface area (Å²) in [5, 5.41) is 0. The Morgan fingerprint density at radius 2 is 1.42 bits per heavy atom. The molecule has 178 valence electrons. The van der Waals surface area contributed by atoms with Crippen LogP contribution >= 0.6 is 0 Å². The lowest BCUT2D eigenvalue weighted by Gasteiger charge is -2.48. The molecule has 0 N–H and O–H groups in total. The number of pyridine rings is 2. The minimum atomic E-state index is 0.172. The van der Waals surface area contributed by atoms with Gasteiger partial charge in [0, 0.05) is 58.8 Å². The van der Waals surface area contributed by atoms with E-state index in [1.807, 2.05) is 30.9 Å². The highest BCUT2D eigenvalue weighted by atomic mass is 15.1. The lowest BCUT2D eigenvalue weighted by atomic mass is 9.42. The molecule has 3 nitrogen and oxygen atoms in total. The van der Waals surface area contributed by atoms with E-state index in [1.165, 1.54) is 50.1 Å². The van der Waals surface area contributed by atoms with Crippen molar-refractivity contribution in [1.82, 2.24) is 9.97 Å². The van der Waals surface area contributed by atoms with Crippen LogP contribution in [0.4, 0.5) is 5.69 Å². The van der Waals surface area contributed by atoms with Crippen LogP contribution in [0.25, 0.3) is 27.8 Å². The van der Waals surface area contributed by atoms with Gasteiger partial charge in [-0.15, -0.1) is 0 Å². The Labute approximate surface area is 222 Å². The first-order chi connectivity index (χ1) is 18.9. The smallest absolute Gasteiger partial charge is 0.328 e. The van der Waals surface area contributed by atoms with Crippen molar-refractivity contribution in [2.45, 2.75) is 12.3 Å². The van der Waals surface area contributed by atoms with Gasteiger partial charge < -0.3 is 4.81 Å². The lowest BCUT2D eigenvalue weighted by Crippen LogP contribution is -2.63. The van der Waals surface area contributed by atoms with Gasteiger partial charge in [-0.05, 0) is 63.9 Å². The number of hydrogen-bond donors (Lipinski definition) is 0. The molecular formula is C34H24BN3. The predicted molar refractivity (Wildman–Crippen MR) is 157 cm³/mol. The van der Waals surface area contributed by atoms with E-state index in [0.29, 0.717) is 0 Å². The van der Waals surface area contributed by atoms with Gasteiger partial charge in [-0.3, -0.25) is 9.97 Å². The number of allylic oxidation sites excluding steroid dienone is 4. The van der Waals surface area contributed by atoms with Gasteiger partial charge in [0.2, 0.25) is 0 Å². The summed E-state index contributed by atoms with van der Waals surface area (Å²) in [6.07, 6.45) is 13.2. The van der Waals surface area contributed by atoms with Crippen LogP contribution in [0.2, 0.25) is 0 Å². The summed E-state index contributed by atoms with van der Waals surface area (Å²) in [4.78, 5) is 11.5. The maximum atomic E-state index is 4.61. The molecule has 0 bridgehead atoms. The molecule has 3 aliphatic rings. The summed E-state index contributed by atoms with van der Waals surface area (Å²) in [6.45, 7) is 0.172. The summed E-state index contributed by atoms with van der Waals surface area (Å²) < 4.78 is 0. The van der Waals surface area contributed by atoms with E-state index in [9.17, 15) is 0 Å². The summed E-state index contributed by atoms with van der Waals surface area (Å²) in [7, 11) is 0. The fourth-order valence-corrected chi connectivity index (χ4v) is 6.58. The van der Waals surface area contributed by atoms with Crippen LogP contribution in [0.5, 0.6) is 0 Å². The van der Waals surface area contributed by atoms with Crippen LogP contribution in [0.15, 0.2) is 134 Å². The third-order valence-corrected chi connectivity index (χ3v) is 8.25. The molecule has 0 saturated carbocycles. The fourth-order valence-electron chi connectivity index (χ4n) is 6.58. The quantitative estimate of drug-likeness (QED) is 0.279.